The number of hydrazine groups is 1. The molecule has 4 rings (SSSR count). The monoisotopic (exact) mass is 442 g/mol. The molecule has 0 spiro atoms. The Morgan fingerprint density at radius 1 is 1.18 bits per heavy atom. The van der Waals surface area contributed by atoms with Crippen LogP contribution in [0.3, 0.4) is 0 Å². The second kappa shape index (κ2) is 8.47. The lowest BCUT2D eigenvalue weighted by Crippen LogP contribution is -2.49. The zero-order chi connectivity index (χ0) is 23.8. The van der Waals surface area contributed by atoms with Crippen molar-refractivity contribution < 1.29 is 14.3 Å². The number of hydrogen-bond acceptors (Lipinski definition) is 6. The fourth-order valence-electron chi connectivity index (χ4n) is 4.55. The van der Waals surface area contributed by atoms with Crippen LogP contribution in [0.15, 0.2) is 77.3 Å². The van der Waals surface area contributed by atoms with Crippen LogP contribution in [-0.2, 0) is 4.79 Å². The van der Waals surface area contributed by atoms with E-state index in [1.165, 1.54) is 5.01 Å². The number of nitrogens with one attached hydrogen (secondary N) is 1. The van der Waals surface area contributed by atoms with Gasteiger partial charge in [-0.15, -0.1) is 0 Å². The number of nitrogens with zero attached hydrogens (tertiary/aromatic N) is 2. The third-order valence-electron chi connectivity index (χ3n) is 6.06. The van der Waals surface area contributed by atoms with Crippen LogP contribution < -0.4 is 15.9 Å². The number of carbonyl (C=O) groups excluding carboxylic acids is 2. The molecule has 1 atom stereocenters. The predicted molar refractivity (Wildman–Crippen MR) is 123 cm³/mol. The van der Waals surface area contributed by atoms with E-state index in [9.17, 15) is 14.9 Å². The van der Waals surface area contributed by atoms with E-state index in [1.54, 1.807) is 37.4 Å². The summed E-state index contributed by atoms with van der Waals surface area (Å²) in [5.74, 6) is -0.340. The molecule has 33 heavy (non-hydrogen) atoms. The van der Waals surface area contributed by atoms with Crippen LogP contribution in [0.5, 0.6) is 5.75 Å². The molecule has 0 bridgehead atoms. The maximum atomic E-state index is 13.5. The molecule has 0 fully saturated rings. The van der Waals surface area contributed by atoms with Gasteiger partial charge in [-0.3, -0.25) is 15.0 Å². The van der Waals surface area contributed by atoms with E-state index in [4.69, 9.17) is 10.5 Å². The van der Waals surface area contributed by atoms with Crippen molar-refractivity contribution in [1.82, 2.24) is 10.4 Å². The number of nitriles is 1. The number of carbonyl (C=O) groups is 2. The van der Waals surface area contributed by atoms with Gasteiger partial charge in [-0.1, -0.05) is 44.2 Å². The molecule has 0 radical (unpaired) electrons. The van der Waals surface area contributed by atoms with E-state index in [-0.39, 0.29) is 28.5 Å². The van der Waals surface area contributed by atoms with Crippen molar-refractivity contribution in [2.24, 2.45) is 11.1 Å². The molecule has 168 valence electrons. The number of benzene rings is 2. The van der Waals surface area contributed by atoms with Crippen molar-refractivity contribution in [3.05, 3.63) is 88.4 Å². The number of ketones is 1. The molecule has 2 aromatic rings. The van der Waals surface area contributed by atoms with E-state index in [0.29, 0.717) is 35.4 Å². The summed E-state index contributed by atoms with van der Waals surface area (Å²) in [6.45, 7) is 4.01. The maximum absolute atomic E-state index is 13.5. The highest BCUT2D eigenvalue weighted by Gasteiger charge is 2.45. The summed E-state index contributed by atoms with van der Waals surface area (Å²) in [5.41, 5.74) is 11.5. The second-order valence-electron chi connectivity index (χ2n) is 9.06. The van der Waals surface area contributed by atoms with Crippen molar-refractivity contribution >= 4 is 11.7 Å². The van der Waals surface area contributed by atoms with Gasteiger partial charge in [-0.2, -0.15) is 5.26 Å². The fraction of sp³-hybridized carbons (Fsp3) is 0.269. The minimum atomic E-state index is -0.631. The van der Waals surface area contributed by atoms with Crippen LogP contribution in [0.4, 0.5) is 0 Å². The normalized spacial score (nSPS) is 19.6. The molecule has 0 saturated heterocycles. The fourth-order valence-corrected chi connectivity index (χ4v) is 4.55. The Kier molecular flexibility index (Phi) is 5.69. The highest BCUT2D eigenvalue weighted by molar-refractivity contribution is 6.01. The van der Waals surface area contributed by atoms with Crippen LogP contribution in [0.25, 0.3) is 0 Å². The zero-order valence-electron chi connectivity index (χ0n) is 18.9. The van der Waals surface area contributed by atoms with Crippen LogP contribution in [0, 0.1) is 16.7 Å². The lowest BCUT2D eigenvalue weighted by atomic mass is 9.69. The Morgan fingerprint density at radius 3 is 2.58 bits per heavy atom. The molecule has 0 aromatic heterocycles. The highest BCUT2D eigenvalue weighted by atomic mass is 16.5. The van der Waals surface area contributed by atoms with Gasteiger partial charge in [-0.25, -0.2) is 5.01 Å². The maximum Gasteiger partial charge on any atom is 0.270 e. The Labute approximate surface area is 193 Å². The smallest absolute Gasteiger partial charge is 0.270 e. The summed E-state index contributed by atoms with van der Waals surface area (Å²) in [6, 6.07) is 18.2. The number of nitrogens with two attached hydrogens (primary N) is 1. The van der Waals surface area contributed by atoms with Gasteiger partial charge in [0, 0.05) is 17.6 Å². The van der Waals surface area contributed by atoms with E-state index < -0.39 is 5.92 Å². The van der Waals surface area contributed by atoms with Gasteiger partial charge in [0.1, 0.15) is 11.6 Å². The molecule has 3 N–H and O–H groups in total. The second-order valence-corrected chi connectivity index (χ2v) is 9.06. The number of amides is 1. The number of allylic oxidation sites excluding steroid dienone is 3. The Morgan fingerprint density at radius 2 is 1.91 bits per heavy atom. The van der Waals surface area contributed by atoms with E-state index in [2.05, 4.69) is 11.5 Å². The Balaban J connectivity index is 1.87. The SMILES string of the molecule is COc1cccc(C2C(C#N)=C(N)N(NC(=O)c3ccccc3)C3=C2C(=O)CC(C)(C)C3)c1. The number of Topliss-reactive ketones (excluding diaryl/α,β-unsaturated/α-hetero) is 1. The van der Waals surface area contributed by atoms with Crippen LogP contribution >= 0.6 is 0 Å². The summed E-state index contributed by atoms with van der Waals surface area (Å²) in [5, 5.41) is 11.5. The van der Waals surface area contributed by atoms with Gasteiger partial charge < -0.3 is 10.5 Å². The summed E-state index contributed by atoms with van der Waals surface area (Å²) >= 11 is 0. The Hall–Kier alpha value is -4.05. The van der Waals surface area contributed by atoms with E-state index in [1.807, 2.05) is 38.1 Å². The molecule has 1 heterocycles. The van der Waals surface area contributed by atoms with Gasteiger partial charge in [0.15, 0.2) is 5.78 Å². The average molecular weight is 443 g/mol. The van der Waals surface area contributed by atoms with E-state index >= 15 is 0 Å². The summed E-state index contributed by atoms with van der Waals surface area (Å²) in [7, 11) is 1.56. The Bertz CT molecular complexity index is 1220. The quantitative estimate of drug-likeness (QED) is 0.746. The summed E-state index contributed by atoms with van der Waals surface area (Å²) in [6.07, 6.45) is 0.856. The molecule has 7 nitrogen and oxygen atoms in total. The van der Waals surface area contributed by atoms with Crippen LogP contribution in [0.1, 0.15) is 48.5 Å². The first kappa shape index (κ1) is 22.2. The molecule has 1 aliphatic carbocycles. The van der Waals surface area contributed by atoms with Crippen LogP contribution in [-0.4, -0.2) is 23.8 Å². The molecule has 1 unspecified atom stereocenters. The first-order chi connectivity index (χ1) is 15.8. The highest BCUT2D eigenvalue weighted by Crippen LogP contribution is 2.48. The molecule has 1 aliphatic heterocycles. The summed E-state index contributed by atoms with van der Waals surface area (Å²) in [4.78, 5) is 26.4. The van der Waals surface area contributed by atoms with Gasteiger partial charge in [0.25, 0.3) is 5.91 Å². The first-order valence-corrected chi connectivity index (χ1v) is 10.7. The summed E-state index contributed by atoms with van der Waals surface area (Å²) < 4.78 is 5.36. The van der Waals surface area contributed by atoms with Gasteiger partial charge in [-0.05, 0) is 41.7 Å². The van der Waals surface area contributed by atoms with Crippen molar-refractivity contribution in [3.63, 3.8) is 0 Å². The van der Waals surface area contributed by atoms with Crippen molar-refractivity contribution in [2.45, 2.75) is 32.6 Å². The number of hydrogen-bond donors (Lipinski definition) is 2. The van der Waals surface area contributed by atoms with Crippen molar-refractivity contribution in [2.75, 3.05) is 7.11 Å². The average Bonchev–Trinajstić information content (AvgIpc) is 2.80. The standard InChI is InChI=1S/C26H26N4O3/c1-26(2)13-20-23(21(31)14-26)22(17-10-7-11-18(12-17)33-3)19(15-27)24(28)30(20)29-25(32)16-8-5-4-6-9-16/h4-12,22H,13-14,28H2,1-3H3,(H,29,32). The van der Waals surface area contributed by atoms with E-state index in [0.717, 1.165) is 5.56 Å². The molecular formula is C26H26N4O3. The molecule has 2 aromatic carbocycles. The first-order valence-electron chi connectivity index (χ1n) is 10.7. The van der Waals surface area contributed by atoms with Crippen molar-refractivity contribution in [3.8, 4) is 11.8 Å². The molecule has 7 heteroatoms. The lowest BCUT2D eigenvalue weighted by Gasteiger charge is -2.43. The molecule has 1 amide bonds. The van der Waals surface area contributed by atoms with Gasteiger partial charge in [0.05, 0.1) is 30.4 Å². The molecular weight excluding hydrogens is 416 g/mol. The largest absolute Gasteiger partial charge is 0.497 e. The number of methoxy groups -OCH3 is 1. The lowest BCUT2D eigenvalue weighted by molar-refractivity contribution is -0.118. The third kappa shape index (κ3) is 4.08. The van der Waals surface area contributed by atoms with Gasteiger partial charge in [0.2, 0.25) is 0 Å². The third-order valence-corrected chi connectivity index (χ3v) is 6.06. The molecule has 2 aliphatic rings. The molecule has 0 saturated carbocycles. The topological polar surface area (TPSA) is 108 Å². The minimum Gasteiger partial charge on any atom is -0.497 e. The number of ether oxygens (including phenoxy) is 1. The minimum absolute atomic E-state index is 0.0618. The number of rotatable bonds is 4. The zero-order valence-corrected chi connectivity index (χ0v) is 18.9. The van der Waals surface area contributed by atoms with Gasteiger partial charge >= 0.3 is 0 Å². The predicted octanol–water partition coefficient (Wildman–Crippen LogP) is 3.78. The van der Waals surface area contributed by atoms with Crippen molar-refractivity contribution in [1.29, 1.82) is 5.26 Å². The van der Waals surface area contributed by atoms with Crippen LogP contribution in [0.2, 0.25) is 0 Å².